The second kappa shape index (κ2) is 4.03. The van der Waals surface area contributed by atoms with Gasteiger partial charge in [-0.25, -0.2) is 0 Å². The molecule has 1 N–H and O–H groups in total. The molecule has 6 nitrogen and oxygen atoms in total. The highest BCUT2D eigenvalue weighted by molar-refractivity contribution is 6.00. The van der Waals surface area contributed by atoms with Gasteiger partial charge >= 0.3 is 0 Å². The number of carbonyl (C=O) groups is 1. The number of aliphatic hydroxyl groups excluding tert-OH is 1. The lowest BCUT2D eigenvalue weighted by atomic mass is 9.93. The van der Waals surface area contributed by atoms with Gasteiger partial charge in [-0.2, -0.15) is 0 Å². The van der Waals surface area contributed by atoms with Crippen molar-refractivity contribution in [3.63, 3.8) is 0 Å². The van der Waals surface area contributed by atoms with E-state index in [1.165, 1.54) is 0 Å². The van der Waals surface area contributed by atoms with Crippen molar-refractivity contribution in [2.24, 2.45) is 0 Å². The second-order valence-corrected chi connectivity index (χ2v) is 5.14. The van der Waals surface area contributed by atoms with Gasteiger partial charge in [0.25, 0.3) is 11.6 Å². The van der Waals surface area contributed by atoms with Crippen LogP contribution in [0.5, 0.6) is 0 Å². The van der Waals surface area contributed by atoms with E-state index >= 15 is 0 Å². The van der Waals surface area contributed by atoms with Gasteiger partial charge in [-0.05, 0) is 25.8 Å². The minimum atomic E-state index is -0.500. The summed E-state index contributed by atoms with van der Waals surface area (Å²) >= 11 is 0. The molecule has 2 heterocycles. The molecular weight excluding hydrogens is 248 g/mol. The van der Waals surface area contributed by atoms with Crippen molar-refractivity contribution in [1.29, 1.82) is 0 Å². The molecule has 0 spiro atoms. The Morgan fingerprint density at radius 3 is 2.89 bits per heavy atom. The molecule has 1 amide bonds. The van der Waals surface area contributed by atoms with E-state index in [4.69, 9.17) is 0 Å². The van der Waals surface area contributed by atoms with Gasteiger partial charge < -0.3 is 10.0 Å². The summed E-state index contributed by atoms with van der Waals surface area (Å²) in [6, 6.07) is 2.92. The molecule has 0 bridgehead atoms. The van der Waals surface area contributed by atoms with Crippen LogP contribution in [-0.2, 0) is 0 Å². The van der Waals surface area contributed by atoms with Crippen LogP contribution in [-0.4, -0.2) is 33.5 Å². The largest absolute Gasteiger partial charge is 0.393 e. The third-order valence-electron chi connectivity index (χ3n) is 4.00. The molecule has 2 unspecified atom stereocenters. The van der Waals surface area contributed by atoms with Gasteiger partial charge in [0.1, 0.15) is 0 Å². The maximum atomic E-state index is 12.2. The molecule has 2 aliphatic rings. The van der Waals surface area contributed by atoms with Crippen LogP contribution in [0.2, 0.25) is 0 Å². The van der Waals surface area contributed by atoms with Crippen molar-refractivity contribution in [2.45, 2.75) is 31.9 Å². The lowest BCUT2D eigenvalue weighted by molar-refractivity contribution is -0.386. The lowest BCUT2D eigenvalue weighted by Gasteiger charge is -2.32. The van der Waals surface area contributed by atoms with E-state index in [0.717, 1.165) is 0 Å². The SMILES string of the molecule is Cc1ccc2c(c1[N+](=O)[O-])C1CC(O)CCN1C2=O. The first-order valence-electron chi connectivity index (χ1n) is 6.27. The van der Waals surface area contributed by atoms with Crippen LogP contribution in [0.3, 0.4) is 0 Å². The Kier molecular flexibility index (Phi) is 2.56. The smallest absolute Gasteiger partial charge is 0.278 e. The third kappa shape index (κ3) is 1.63. The van der Waals surface area contributed by atoms with Crippen molar-refractivity contribution in [3.05, 3.63) is 38.9 Å². The fraction of sp³-hybridized carbons (Fsp3) is 0.462. The van der Waals surface area contributed by atoms with Gasteiger partial charge in [0.05, 0.1) is 28.2 Å². The number of hydrogen-bond acceptors (Lipinski definition) is 4. The monoisotopic (exact) mass is 262 g/mol. The number of aryl methyl sites for hydroxylation is 1. The van der Waals surface area contributed by atoms with E-state index in [1.807, 2.05) is 0 Å². The maximum absolute atomic E-state index is 12.2. The van der Waals surface area contributed by atoms with Crippen LogP contribution in [0, 0.1) is 17.0 Å². The fourth-order valence-electron chi connectivity index (χ4n) is 3.10. The van der Waals surface area contributed by atoms with Gasteiger partial charge in [0.15, 0.2) is 0 Å². The number of nitrogens with zero attached hydrogens (tertiary/aromatic N) is 2. The Bertz CT molecular complexity index is 584. The van der Waals surface area contributed by atoms with Crippen LogP contribution in [0.15, 0.2) is 12.1 Å². The van der Waals surface area contributed by atoms with Crippen molar-refractivity contribution >= 4 is 11.6 Å². The number of nitro groups is 1. The van der Waals surface area contributed by atoms with Crippen molar-refractivity contribution < 1.29 is 14.8 Å². The van der Waals surface area contributed by atoms with E-state index in [1.54, 1.807) is 24.0 Å². The van der Waals surface area contributed by atoms with E-state index in [9.17, 15) is 20.0 Å². The van der Waals surface area contributed by atoms with Crippen LogP contribution in [0.4, 0.5) is 5.69 Å². The molecule has 1 aromatic rings. The molecule has 0 saturated carbocycles. The first-order chi connectivity index (χ1) is 9.00. The Morgan fingerprint density at radius 1 is 1.47 bits per heavy atom. The first-order valence-corrected chi connectivity index (χ1v) is 6.27. The van der Waals surface area contributed by atoms with Crippen LogP contribution in [0.25, 0.3) is 0 Å². The summed E-state index contributed by atoms with van der Waals surface area (Å²) in [6.07, 6.45) is 0.409. The average molecular weight is 262 g/mol. The molecular formula is C13H14N2O4. The lowest BCUT2D eigenvalue weighted by Crippen LogP contribution is -2.37. The zero-order valence-corrected chi connectivity index (χ0v) is 10.5. The number of piperidine rings is 1. The molecule has 1 aromatic carbocycles. The standard InChI is InChI=1S/C13H14N2O4/c1-7-2-3-9-11(12(7)15(18)19)10-6-8(16)4-5-14(10)13(9)17/h2-3,8,10,16H,4-6H2,1H3. The predicted octanol–water partition coefficient (Wildman–Crippen LogP) is 1.55. The van der Waals surface area contributed by atoms with E-state index in [0.29, 0.717) is 36.1 Å². The highest BCUT2D eigenvalue weighted by Crippen LogP contribution is 2.45. The number of benzene rings is 1. The minimum Gasteiger partial charge on any atom is -0.393 e. The Morgan fingerprint density at radius 2 is 2.21 bits per heavy atom. The number of rotatable bonds is 1. The number of fused-ring (bicyclic) bond motifs is 3. The molecule has 0 aliphatic carbocycles. The maximum Gasteiger partial charge on any atom is 0.278 e. The van der Waals surface area contributed by atoms with E-state index in [2.05, 4.69) is 0 Å². The topological polar surface area (TPSA) is 83.7 Å². The summed E-state index contributed by atoms with van der Waals surface area (Å²) in [7, 11) is 0. The van der Waals surface area contributed by atoms with Crippen molar-refractivity contribution in [2.75, 3.05) is 6.54 Å². The Labute approximate surface area is 109 Å². The van der Waals surface area contributed by atoms with Crippen LogP contribution in [0.1, 0.15) is 40.4 Å². The molecule has 1 fully saturated rings. The van der Waals surface area contributed by atoms with Gasteiger partial charge in [-0.3, -0.25) is 14.9 Å². The minimum absolute atomic E-state index is 0.0208. The first kappa shape index (κ1) is 12.1. The molecule has 0 radical (unpaired) electrons. The summed E-state index contributed by atoms with van der Waals surface area (Å²) < 4.78 is 0. The number of nitro benzene ring substituents is 1. The summed E-state index contributed by atoms with van der Waals surface area (Å²) in [6.45, 7) is 2.13. The highest BCUT2D eigenvalue weighted by atomic mass is 16.6. The van der Waals surface area contributed by atoms with Gasteiger partial charge in [-0.1, -0.05) is 6.07 Å². The zero-order chi connectivity index (χ0) is 13.7. The molecule has 3 rings (SSSR count). The number of carbonyl (C=O) groups excluding carboxylic acids is 1. The highest BCUT2D eigenvalue weighted by Gasteiger charge is 2.44. The van der Waals surface area contributed by atoms with Crippen molar-refractivity contribution in [3.8, 4) is 0 Å². The predicted molar refractivity (Wildman–Crippen MR) is 66.9 cm³/mol. The molecule has 0 aromatic heterocycles. The Balaban J connectivity index is 2.20. The molecule has 100 valence electrons. The molecule has 19 heavy (non-hydrogen) atoms. The third-order valence-corrected chi connectivity index (χ3v) is 4.00. The van der Waals surface area contributed by atoms with Gasteiger partial charge in [0, 0.05) is 12.1 Å². The molecule has 6 heteroatoms. The van der Waals surface area contributed by atoms with Crippen molar-refractivity contribution in [1.82, 2.24) is 4.90 Å². The van der Waals surface area contributed by atoms with Crippen LogP contribution >= 0.6 is 0 Å². The van der Waals surface area contributed by atoms with Gasteiger partial charge in [-0.15, -0.1) is 0 Å². The summed E-state index contributed by atoms with van der Waals surface area (Å²) in [4.78, 5) is 24.7. The van der Waals surface area contributed by atoms with E-state index < -0.39 is 11.0 Å². The normalized spacial score (nSPS) is 25.2. The molecule has 2 atom stereocenters. The summed E-state index contributed by atoms with van der Waals surface area (Å²) in [5.74, 6) is -0.157. The number of hydrogen-bond donors (Lipinski definition) is 1. The summed E-state index contributed by atoms with van der Waals surface area (Å²) in [5, 5.41) is 21.0. The second-order valence-electron chi connectivity index (χ2n) is 5.14. The summed E-state index contributed by atoms with van der Waals surface area (Å²) in [5.41, 5.74) is 1.47. The number of amides is 1. The molecule has 1 saturated heterocycles. The van der Waals surface area contributed by atoms with E-state index in [-0.39, 0.29) is 17.6 Å². The Hall–Kier alpha value is -1.95. The average Bonchev–Trinajstić information content (AvgIpc) is 2.62. The molecule has 2 aliphatic heterocycles. The fourth-order valence-corrected chi connectivity index (χ4v) is 3.10. The van der Waals surface area contributed by atoms with Gasteiger partial charge in [0.2, 0.25) is 0 Å². The van der Waals surface area contributed by atoms with Crippen LogP contribution < -0.4 is 0 Å². The number of aliphatic hydroxyl groups is 1. The zero-order valence-electron chi connectivity index (χ0n) is 10.5. The quantitative estimate of drug-likeness (QED) is 0.614.